The fourth-order valence-corrected chi connectivity index (χ4v) is 0. The Hall–Kier alpha value is 3.43. The number of rotatable bonds is 0. The maximum Gasteiger partial charge on any atom is 4.00 e. The van der Waals surface area contributed by atoms with Gasteiger partial charge in [-0.2, -0.15) is 7.82 Å². The summed E-state index contributed by atoms with van der Waals surface area (Å²) in [6.45, 7) is 0. The largest absolute Gasteiger partial charge is 4.00 e. The van der Waals surface area contributed by atoms with Crippen LogP contribution in [0.3, 0.4) is 0 Å². The van der Waals surface area contributed by atoms with Gasteiger partial charge in [0.1, 0.15) is 0 Å². The summed E-state index contributed by atoms with van der Waals surface area (Å²) >= 11 is 0. The summed E-state index contributed by atoms with van der Waals surface area (Å²) in [6, 6.07) is 0. The molecule has 0 aliphatic rings. The summed E-state index contributed by atoms with van der Waals surface area (Å²) in [7, 11) is -5.39. The topological polar surface area (TPSA) is 86.2 Å². The first-order valence-electron chi connectivity index (χ1n) is 0.730. The van der Waals surface area contributed by atoms with E-state index in [4.69, 9.17) is 19.2 Å². The van der Waals surface area contributed by atoms with Crippen molar-refractivity contribution >= 4 is 56.7 Å². The standard InChI is InChI=1S/Ba.Hf.H3O4P.Zr/c;;1-5(2,3)4;/h;;(H3,1,2,3,4);/q+2;+4;;+4/p-3. The van der Waals surface area contributed by atoms with Crippen LogP contribution < -0.4 is 14.7 Å². The predicted octanol–water partition coefficient (Wildman–Crippen LogP) is -3.21. The van der Waals surface area contributed by atoms with Crippen molar-refractivity contribution in [2.24, 2.45) is 0 Å². The van der Waals surface area contributed by atoms with E-state index in [1.54, 1.807) is 0 Å². The second-order valence-corrected chi connectivity index (χ2v) is 1.34. The Morgan fingerprint density at radius 2 is 1.12 bits per heavy atom. The average molecular weight is 502 g/mol. The zero-order chi connectivity index (χ0) is 4.50. The molecule has 8 heteroatoms. The maximum atomic E-state index is 8.55. The van der Waals surface area contributed by atoms with Crippen molar-refractivity contribution in [3.8, 4) is 0 Å². The van der Waals surface area contributed by atoms with Gasteiger partial charge in [0.05, 0.1) is 0 Å². The predicted molar refractivity (Wildman–Crippen MR) is 13.4 cm³/mol. The van der Waals surface area contributed by atoms with Gasteiger partial charge in [-0.3, -0.25) is 0 Å². The van der Waals surface area contributed by atoms with Crippen molar-refractivity contribution in [3.63, 3.8) is 0 Å². The summed E-state index contributed by atoms with van der Waals surface area (Å²) < 4.78 is 8.55. The molecule has 0 unspecified atom stereocenters. The summed E-state index contributed by atoms with van der Waals surface area (Å²) in [5, 5.41) is 0. The van der Waals surface area contributed by atoms with Gasteiger partial charge in [-0.1, -0.05) is 0 Å². The minimum Gasteiger partial charge on any atom is -0.822 e. The summed E-state index contributed by atoms with van der Waals surface area (Å²) in [4.78, 5) is 25.6. The van der Waals surface area contributed by atoms with Gasteiger partial charge in [0.15, 0.2) is 0 Å². The average Bonchev–Trinajstić information content (AvgIpc) is 0.722. The van der Waals surface area contributed by atoms with Gasteiger partial charge in [-0.15, -0.1) is 0 Å². The molecule has 0 aromatic carbocycles. The van der Waals surface area contributed by atoms with Gasteiger partial charge in [0.2, 0.25) is 0 Å². The van der Waals surface area contributed by atoms with Crippen LogP contribution in [0.25, 0.3) is 0 Å². The van der Waals surface area contributed by atoms with Crippen molar-refractivity contribution in [2.45, 2.75) is 0 Å². The van der Waals surface area contributed by atoms with Crippen LogP contribution in [0.4, 0.5) is 0 Å². The molecular formula is BaHfO4PZr+7. The van der Waals surface area contributed by atoms with Crippen LogP contribution in [0.2, 0.25) is 0 Å². The Morgan fingerprint density at radius 3 is 1.12 bits per heavy atom. The third-order valence-electron chi connectivity index (χ3n) is 0. The first kappa shape index (κ1) is 22.5. The smallest absolute Gasteiger partial charge is 0.822 e. The van der Waals surface area contributed by atoms with E-state index in [1.807, 2.05) is 0 Å². The molecule has 0 amide bonds. The van der Waals surface area contributed by atoms with Crippen LogP contribution in [0.1, 0.15) is 0 Å². The molecule has 0 aliphatic heterocycles. The van der Waals surface area contributed by atoms with E-state index >= 15 is 0 Å². The van der Waals surface area contributed by atoms with Crippen molar-refractivity contribution < 1.29 is 71.3 Å². The third kappa shape index (κ3) is 56.9. The Morgan fingerprint density at radius 1 is 1.12 bits per heavy atom. The van der Waals surface area contributed by atoms with Gasteiger partial charge >= 0.3 is 101 Å². The van der Waals surface area contributed by atoms with Gasteiger partial charge < -0.3 is 19.2 Å². The summed E-state index contributed by atoms with van der Waals surface area (Å²) in [5.41, 5.74) is 0. The van der Waals surface area contributed by atoms with E-state index < -0.39 is 7.82 Å². The molecule has 0 aromatic rings. The Kier molecular flexibility index (Phi) is 29.4. The molecule has 0 saturated carbocycles. The molecule has 0 aromatic heterocycles. The number of hydrogen-bond donors (Lipinski definition) is 0. The molecule has 0 fully saturated rings. The van der Waals surface area contributed by atoms with E-state index in [0.29, 0.717) is 0 Å². The zero-order valence-electron chi connectivity index (χ0n) is 3.79. The van der Waals surface area contributed by atoms with Crippen LogP contribution in [0.15, 0.2) is 0 Å². The van der Waals surface area contributed by atoms with Gasteiger partial charge in [0.25, 0.3) is 0 Å². The molecule has 0 N–H and O–H groups in total. The van der Waals surface area contributed by atoms with Crippen LogP contribution in [-0.2, 0) is 56.6 Å². The van der Waals surface area contributed by atoms with Crippen molar-refractivity contribution in [3.05, 3.63) is 0 Å². The van der Waals surface area contributed by atoms with Crippen molar-refractivity contribution in [1.82, 2.24) is 0 Å². The van der Waals surface area contributed by atoms with Gasteiger partial charge in [-0.05, 0) is 0 Å². The minimum atomic E-state index is -5.39. The van der Waals surface area contributed by atoms with Gasteiger partial charge in [-0.25, -0.2) is 0 Å². The molecule has 0 spiro atoms. The fourth-order valence-electron chi connectivity index (χ4n) is 0. The Labute approximate surface area is 125 Å². The van der Waals surface area contributed by atoms with Crippen LogP contribution in [-0.4, -0.2) is 48.9 Å². The maximum absolute atomic E-state index is 8.55. The van der Waals surface area contributed by atoms with E-state index in [2.05, 4.69) is 0 Å². The first-order valence-corrected chi connectivity index (χ1v) is 2.19. The van der Waals surface area contributed by atoms with Crippen LogP contribution in [0, 0.1) is 0 Å². The molecule has 32 valence electrons. The Bertz CT molecular complexity index is 62.2. The molecule has 0 atom stereocenters. The number of hydrogen-bond acceptors (Lipinski definition) is 4. The SMILES string of the molecule is O=P([O-])([O-])[O-].[Ba+2].[Hf+4].[Zr+4]. The van der Waals surface area contributed by atoms with Crippen molar-refractivity contribution in [2.75, 3.05) is 0 Å². The normalized spacial score (nSPS) is 7.38. The van der Waals surface area contributed by atoms with Gasteiger partial charge in [0, 0.05) is 0 Å². The minimum absolute atomic E-state index is 0. The molecule has 8 heavy (non-hydrogen) atoms. The van der Waals surface area contributed by atoms with Crippen LogP contribution in [0.5, 0.6) is 0 Å². The molecule has 0 rings (SSSR count). The van der Waals surface area contributed by atoms with Crippen molar-refractivity contribution in [1.29, 1.82) is 0 Å². The number of phosphoric acid groups is 1. The molecule has 0 saturated heterocycles. The van der Waals surface area contributed by atoms with E-state index in [-0.39, 0.29) is 101 Å². The fraction of sp³-hybridized carbons (Fsp3) is 0. The van der Waals surface area contributed by atoms with E-state index in [0.717, 1.165) is 0 Å². The van der Waals surface area contributed by atoms with Crippen LogP contribution >= 0.6 is 7.82 Å². The summed E-state index contributed by atoms with van der Waals surface area (Å²) in [5.74, 6) is 0. The molecule has 0 radical (unpaired) electrons. The molecule has 4 nitrogen and oxygen atoms in total. The first-order chi connectivity index (χ1) is 2.00. The van der Waals surface area contributed by atoms with E-state index in [1.165, 1.54) is 0 Å². The third-order valence-corrected chi connectivity index (χ3v) is 0. The quantitative estimate of drug-likeness (QED) is 0.258. The Balaban J connectivity index is -0.0000000267. The molecular weight excluding hydrogens is 502 g/mol. The molecule has 0 bridgehead atoms. The zero-order valence-corrected chi connectivity index (χ0v) is 15.2. The monoisotopic (exact) mass is 503 g/mol. The second-order valence-electron chi connectivity index (χ2n) is 0.447. The van der Waals surface area contributed by atoms with E-state index in [9.17, 15) is 0 Å². The second kappa shape index (κ2) is 10.4. The summed E-state index contributed by atoms with van der Waals surface area (Å²) in [6.07, 6.45) is 0. The molecule has 0 heterocycles. The molecule has 0 aliphatic carbocycles.